The van der Waals surface area contributed by atoms with Crippen molar-refractivity contribution in [2.45, 2.75) is 6.92 Å². The van der Waals surface area contributed by atoms with E-state index in [1.54, 1.807) is 19.1 Å². The van der Waals surface area contributed by atoms with Gasteiger partial charge in [0.05, 0.1) is 12.2 Å². The molecule has 98 valence electrons. The molecule has 2 aromatic carbocycles. The van der Waals surface area contributed by atoms with E-state index in [0.717, 1.165) is 10.8 Å². The summed E-state index contributed by atoms with van der Waals surface area (Å²) in [5, 5.41) is 2.00. The number of benzene rings is 2. The largest absolute Gasteiger partial charge is 0.463 e. The number of carbonyl (C=O) groups excluding carboxylic acids is 2. The number of hydrogen-bond donors (Lipinski definition) is 0. The van der Waals surface area contributed by atoms with Crippen LogP contribution in [0.1, 0.15) is 17.3 Å². The highest BCUT2D eigenvalue weighted by molar-refractivity contribution is 5.96. The van der Waals surface area contributed by atoms with Gasteiger partial charge in [0.1, 0.15) is 0 Å². The van der Waals surface area contributed by atoms with Crippen molar-refractivity contribution >= 4 is 22.7 Å². The van der Waals surface area contributed by atoms with Gasteiger partial charge in [0, 0.05) is 0 Å². The molecule has 0 bridgehead atoms. The Hall–Kier alpha value is -2.36. The summed E-state index contributed by atoms with van der Waals surface area (Å²) >= 11 is 0. The molecule has 0 aliphatic carbocycles. The van der Waals surface area contributed by atoms with E-state index in [1.165, 1.54) is 0 Å². The Morgan fingerprint density at radius 2 is 1.74 bits per heavy atom. The molecular weight excluding hydrogens is 244 g/mol. The third-order valence-electron chi connectivity index (χ3n) is 2.61. The Kier molecular flexibility index (Phi) is 4.13. The number of hydrogen-bond acceptors (Lipinski definition) is 4. The van der Waals surface area contributed by atoms with Gasteiger partial charge < -0.3 is 9.47 Å². The molecule has 0 amide bonds. The van der Waals surface area contributed by atoms with E-state index in [1.807, 2.05) is 30.3 Å². The van der Waals surface area contributed by atoms with Crippen LogP contribution >= 0.6 is 0 Å². The van der Waals surface area contributed by atoms with Crippen molar-refractivity contribution in [2.75, 3.05) is 13.2 Å². The minimum atomic E-state index is -0.545. The van der Waals surface area contributed by atoms with E-state index >= 15 is 0 Å². The normalized spacial score (nSPS) is 10.2. The second-order valence-electron chi connectivity index (χ2n) is 3.94. The molecule has 2 aromatic rings. The number of carbonyl (C=O) groups is 2. The second-order valence-corrected chi connectivity index (χ2v) is 3.94. The molecule has 0 saturated carbocycles. The summed E-state index contributed by atoms with van der Waals surface area (Å²) in [6.07, 6.45) is 0. The van der Waals surface area contributed by atoms with Crippen molar-refractivity contribution < 1.29 is 19.1 Å². The molecule has 0 atom stereocenters. The van der Waals surface area contributed by atoms with Crippen molar-refractivity contribution in [1.29, 1.82) is 0 Å². The number of rotatable bonds is 4. The minimum Gasteiger partial charge on any atom is -0.463 e. The average molecular weight is 258 g/mol. The summed E-state index contributed by atoms with van der Waals surface area (Å²) in [5.41, 5.74) is 0.419. The zero-order valence-electron chi connectivity index (χ0n) is 10.6. The molecular formula is C15H14O4. The Bertz CT molecular complexity index is 604. The summed E-state index contributed by atoms with van der Waals surface area (Å²) in [4.78, 5) is 22.9. The van der Waals surface area contributed by atoms with E-state index in [9.17, 15) is 9.59 Å². The van der Waals surface area contributed by atoms with Crippen molar-refractivity contribution in [3.8, 4) is 0 Å². The van der Waals surface area contributed by atoms with Gasteiger partial charge in [0.25, 0.3) is 0 Å². The van der Waals surface area contributed by atoms with Gasteiger partial charge in [-0.25, -0.2) is 9.59 Å². The molecule has 19 heavy (non-hydrogen) atoms. The molecule has 0 aliphatic rings. The molecule has 0 spiro atoms. The molecule has 2 rings (SSSR count). The summed E-state index contributed by atoms with van der Waals surface area (Å²) < 4.78 is 9.56. The van der Waals surface area contributed by atoms with Crippen LogP contribution in [0.15, 0.2) is 42.5 Å². The fraction of sp³-hybridized carbons (Fsp3) is 0.200. The fourth-order valence-electron chi connectivity index (χ4n) is 1.73. The van der Waals surface area contributed by atoms with E-state index in [-0.39, 0.29) is 13.2 Å². The van der Waals surface area contributed by atoms with Gasteiger partial charge in [0.2, 0.25) is 0 Å². The first kappa shape index (κ1) is 13.1. The van der Waals surface area contributed by atoms with Gasteiger partial charge in [-0.05, 0) is 29.8 Å². The minimum absolute atomic E-state index is 0.270. The first-order chi connectivity index (χ1) is 9.20. The molecule has 0 unspecified atom stereocenters. The van der Waals surface area contributed by atoms with Gasteiger partial charge in [-0.1, -0.05) is 30.3 Å². The highest BCUT2D eigenvalue weighted by atomic mass is 16.6. The van der Waals surface area contributed by atoms with E-state index < -0.39 is 11.9 Å². The van der Waals surface area contributed by atoms with Gasteiger partial charge in [0.15, 0.2) is 6.61 Å². The predicted octanol–water partition coefficient (Wildman–Crippen LogP) is 2.56. The zero-order chi connectivity index (χ0) is 13.7. The van der Waals surface area contributed by atoms with Gasteiger partial charge in [-0.2, -0.15) is 0 Å². The van der Waals surface area contributed by atoms with Gasteiger partial charge in [-0.3, -0.25) is 0 Å². The number of esters is 2. The van der Waals surface area contributed by atoms with Crippen LogP contribution in [0, 0.1) is 0 Å². The molecule has 0 saturated heterocycles. The van der Waals surface area contributed by atoms with E-state index in [2.05, 4.69) is 4.74 Å². The molecule has 4 nitrogen and oxygen atoms in total. The average Bonchev–Trinajstić information content (AvgIpc) is 2.44. The molecule has 0 fully saturated rings. The van der Waals surface area contributed by atoms with Crippen LogP contribution in [0.4, 0.5) is 0 Å². The maximum atomic E-state index is 11.8. The first-order valence-corrected chi connectivity index (χ1v) is 6.02. The quantitative estimate of drug-likeness (QED) is 0.791. The second kappa shape index (κ2) is 6.00. The predicted molar refractivity (Wildman–Crippen MR) is 70.9 cm³/mol. The molecule has 0 heterocycles. The standard InChI is InChI=1S/C15H14O4/c1-2-18-14(16)10-19-15(17)13-8-7-11-5-3-4-6-12(11)9-13/h3-9H,2,10H2,1H3. The highest BCUT2D eigenvalue weighted by Gasteiger charge is 2.10. The Labute approximate surface area is 110 Å². The zero-order valence-corrected chi connectivity index (χ0v) is 10.6. The molecule has 0 aromatic heterocycles. The Morgan fingerprint density at radius 3 is 2.47 bits per heavy atom. The van der Waals surface area contributed by atoms with Crippen LogP contribution in [0.25, 0.3) is 10.8 Å². The summed E-state index contributed by atoms with van der Waals surface area (Å²) in [5.74, 6) is -1.07. The summed E-state index contributed by atoms with van der Waals surface area (Å²) in [7, 11) is 0. The third-order valence-corrected chi connectivity index (χ3v) is 2.61. The lowest BCUT2D eigenvalue weighted by Gasteiger charge is -2.05. The van der Waals surface area contributed by atoms with Gasteiger partial charge >= 0.3 is 11.9 Å². The van der Waals surface area contributed by atoms with Gasteiger partial charge in [-0.15, -0.1) is 0 Å². The van der Waals surface area contributed by atoms with E-state index in [0.29, 0.717) is 5.56 Å². The molecule has 0 radical (unpaired) electrons. The van der Waals surface area contributed by atoms with Crippen LogP contribution in [0.5, 0.6) is 0 Å². The van der Waals surface area contributed by atoms with Crippen molar-refractivity contribution in [3.63, 3.8) is 0 Å². The van der Waals surface area contributed by atoms with Crippen LogP contribution < -0.4 is 0 Å². The van der Waals surface area contributed by atoms with Crippen LogP contribution in [-0.2, 0) is 14.3 Å². The lowest BCUT2D eigenvalue weighted by Crippen LogP contribution is -2.16. The third kappa shape index (κ3) is 3.31. The SMILES string of the molecule is CCOC(=O)COC(=O)c1ccc2ccccc2c1. The fourth-order valence-corrected chi connectivity index (χ4v) is 1.73. The topological polar surface area (TPSA) is 52.6 Å². The van der Waals surface area contributed by atoms with Crippen LogP contribution in [0.2, 0.25) is 0 Å². The summed E-state index contributed by atoms with van der Waals surface area (Å²) in [6, 6.07) is 13.0. The molecule has 0 N–H and O–H groups in total. The molecule has 0 aliphatic heterocycles. The molecule has 4 heteroatoms. The Balaban J connectivity index is 2.07. The van der Waals surface area contributed by atoms with Crippen LogP contribution in [-0.4, -0.2) is 25.2 Å². The lowest BCUT2D eigenvalue weighted by molar-refractivity contribution is -0.146. The number of fused-ring (bicyclic) bond motifs is 1. The monoisotopic (exact) mass is 258 g/mol. The van der Waals surface area contributed by atoms with Crippen LogP contribution in [0.3, 0.4) is 0 Å². The lowest BCUT2D eigenvalue weighted by atomic mass is 10.1. The first-order valence-electron chi connectivity index (χ1n) is 6.02. The maximum absolute atomic E-state index is 11.8. The highest BCUT2D eigenvalue weighted by Crippen LogP contribution is 2.16. The maximum Gasteiger partial charge on any atom is 0.344 e. The van der Waals surface area contributed by atoms with E-state index in [4.69, 9.17) is 4.74 Å². The van der Waals surface area contributed by atoms with Crippen molar-refractivity contribution in [1.82, 2.24) is 0 Å². The van der Waals surface area contributed by atoms with Crippen molar-refractivity contribution in [3.05, 3.63) is 48.0 Å². The summed E-state index contributed by atoms with van der Waals surface area (Å²) in [6.45, 7) is 1.61. The number of ether oxygens (including phenoxy) is 2. The Morgan fingerprint density at radius 1 is 1.00 bits per heavy atom. The van der Waals surface area contributed by atoms with Crippen molar-refractivity contribution in [2.24, 2.45) is 0 Å². The smallest absolute Gasteiger partial charge is 0.344 e.